The predicted molar refractivity (Wildman–Crippen MR) is 72.3 cm³/mol. The molecule has 6 nitrogen and oxygen atoms in total. The van der Waals surface area contributed by atoms with E-state index in [4.69, 9.17) is 9.84 Å². The molecule has 2 rings (SSSR count). The highest BCUT2D eigenvalue weighted by atomic mass is 16.5. The van der Waals surface area contributed by atoms with Gasteiger partial charge in [0, 0.05) is 6.07 Å². The lowest BCUT2D eigenvalue weighted by Gasteiger charge is -2.08. The Morgan fingerprint density at radius 1 is 1.14 bits per heavy atom. The van der Waals surface area contributed by atoms with Gasteiger partial charge < -0.3 is 15.1 Å². The molecule has 1 aromatic heterocycles. The van der Waals surface area contributed by atoms with Crippen molar-refractivity contribution < 1.29 is 24.2 Å². The number of aromatic nitrogens is 1. The normalized spacial score (nSPS) is 10.1. The molecule has 0 atom stereocenters. The number of pyridine rings is 1. The summed E-state index contributed by atoms with van der Waals surface area (Å²) in [4.78, 5) is 22.8. The SMILES string of the molecule is O=C(O)Cc1c(C(=O)OCc2ccccc2)ccc[n+]1[O-]. The summed E-state index contributed by atoms with van der Waals surface area (Å²) in [6.07, 6.45) is 0.604. The van der Waals surface area contributed by atoms with Crippen LogP contribution in [-0.2, 0) is 22.6 Å². The highest BCUT2D eigenvalue weighted by Crippen LogP contribution is 2.09. The number of ether oxygens (including phenoxy) is 1. The molecule has 0 saturated carbocycles. The van der Waals surface area contributed by atoms with E-state index in [-0.39, 0.29) is 17.9 Å². The number of carbonyl (C=O) groups is 2. The van der Waals surface area contributed by atoms with Crippen LogP contribution < -0.4 is 4.73 Å². The zero-order chi connectivity index (χ0) is 15.2. The third-order valence-electron chi connectivity index (χ3n) is 2.81. The van der Waals surface area contributed by atoms with Gasteiger partial charge in [-0.05, 0) is 11.6 Å². The fraction of sp³-hybridized carbons (Fsp3) is 0.133. The molecule has 0 radical (unpaired) electrons. The molecule has 0 unspecified atom stereocenters. The van der Waals surface area contributed by atoms with E-state index in [9.17, 15) is 14.8 Å². The van der Waals surface area contributed by atoms with Gasteiger partial charge in [-0.1, -0.05) is 30.3 Å². The predicted octanol–water partition coefficient (Wildman–Crippen LogP) is 1.30. The Bertz CT molecular complexity index is 654. The Labute approximate surface area is 120 Å². The minimum Gasteiger partial charge on any atom is -0.618 e. The second-order valence-corrected chi connectivity index (χ2v) is 4.33. The van der Waals surface area contributed by atoms with Crippen LogP contribution in [0.5, 0.6) is 0 Å². The summed E-state index contributed by atoms with van der Waals surface area (Å²) in [6, 6.07) is 11.8. The molecule has 0 spiro atoms. The highest BCUT2D eigenvalue weighted by molar-refractivity contribution is 5.91. The molecule has 0 bridgehead atoms. The third kappa shape index (κ3) is 3.79. The molecular weight excluding hydrogens is 274 g/mol. The molecule has 0 fully saturated rings. The van der Waals surface area contributed by atoms with Gasteiger partial charge in [-0.3, -0.25) is 4.79 Å². The summed E-state index contributed by atoms with van der Waals surface area (Å²) in [5.41, 5.74) is 0.630. The second-order valence-electron chi connectivity index (χ2n) is 4.33. The van der Waals surface area contributed by atoms with Gasteiger partial charge >= 0.3 is 11.9 Å². The van der Waals surface area contributed by atoms with E-state index in [0.717, 1.165) is 11.8 Å². The molecule has 2 aromatic rings. The molecule has 1 N–H and O–H groups in total. The van der Waals surface area contributed by atoms with Crippen molar-refractivity contribution in [2.24, 2.45) is 0 Å². The van der Waals surface area contributed by atoms with Gasteiger partial charge in [-0.2, -0.15) is 4.73 Å². The van der Waals surface area contributed by atoms with Gasteiger partial charge in [0.05, 0.1) is 0 Å². The minimum absolute atomic E-state index is 0.0363. The number of carboxylic acid groups (broad SMARTS) is 1. The van der Waals surface area contributed by atoms with Gasteiger partial charge in [0.25, 0.3) is 0 Å². The molecule has 1 aromatic carbocycles. The number of carbonyl (C=O) groups excluding carboxylic acids is 1. The zero-order valence-electron chi connectivity index (χ0n) is 11.1. The van der Waals surface area contributed by atoms with E-state index in [1.807, 2.05) is 18.2 Å². The van der Waals surface area contributed by atoms with Gasteiger partial charge in [-0.15, -0.1) is 0 Å². The largest absolute Gasteiger partial charge is 0.618 e. The van der Waals surface area contributed by atoms with Crippen molar-refractivity contribution >= 4 is 11.9 Å². The number of hydrogen-bond acceptors (Lipinski definition) is 4. The van der Waals surface area contributed by atoms with Gasteiger partial charge in [-0.25, -0.2) is 4.79 Å². The quantitative estimate of drug-likeness (QED) is 0.508. The Kier molecular flexibility index (Phi) is 4.50. The Morgan fingerprint density at radius 3 is 2.52 bits per heavy atom. The molecule has 108 valence electrons. The van der Waals surface area contributed by atoms with Crippen molar-refractivity contribution in [2.75, 3.05) is 0 Å². The van der Waals surface area contributed by atoms with E-state index < -0.39 is 18.4 Å². The van der Waals surface area contributed by atoms with Crippen LogP contribution in [0.1, 0.15) is 21.6 Å². The van der Waals surface area contributed by atoms with Crippen LogP contribution in [0.3, 0.4) is 0 Å². The fourth-order valence-corrected chi connectivity index (χ4v) is 1.83. The van der Waals surface area contributed by atoms with Crippen LogP contribution in [-0.4, -0.2) is 17.0 Å². The van der Waals surface area contributed by atoms with Gasteiger partial charge in [0.15, 0.2) is 6.20 Å². The minimum atomic E-state index is -1.19. The maximum absolute atomic E-state index is 12.0. The Balaban J connectivity index is 2.15. The molecule has 0 amide bonds. The van der Waals surface area contributed by atoms with Crippen molar-refractivity contribution in [3.8, 4) is 0 Å². The Morgan fingerprint density at radius 2 is 1.86 bits per heavy atom. The Hall–Kier alpha value is -2.89. The number of rotatable bonds is 5. The molecule has 21 heavy (non-hydrogen) atoms. The first kappa shape index (κ1) is 14.5. The van der Waals surface area contributed by atoms with Crippen LogP contribution in [0, 0.1) is 5.21 Å². The van der Waals surface area contributed by atoms with Crippen LogP contribution >= 0.6 is 0 Å². The monoisotopic (exact) mass is 287 g/mol. The lowest BCUT2D eigenvalue weighted by Crippen LogP contribution is -2.35. The number of hydrogen-bond donors (Lipinski definition) is 1. The number of benzene rings is 1. The fourth-order valence-electron chi connectivity index (χ4n) is 1.83. The second kappa shape index (κ2) is 6.51. The van der Waals surface area contributed by atoms with Crippen LogP contribution in [0.15, 0.2) is 48.7 Å². The van der Waals surface area contributed by atoms with E-state index in [2.05, 4.69) is 0 Å². The third-order valence-corrected chi connectivity index (χ3v) is 2.81. The summed E-state index contributed by atoms with van der Waals surface area (Å²) < 4.78 is 5.48. The molecule has 0 aliphatic carbocycles. The van der Waals surface area contributed by atoms with E-state index in [1.54, 1.807) is 12.1 Å². The smallest absolute Gasteiger partial charge is 0.344 e. The number of nitrogens with zero attached hydrogens (tertiary/aromatic N) is 1. The van der Waals surface area contributed by atoms with E-state index in [1.165, 1.54) is 12.1 Å². The first-order valence-corrected chi connectivity index (χ1v) is 6.22. The van der Waals surface area contributed by atoms with Gasteiger partial charge in [0.1, 0.15) is 18.6 Å². The standard InChI is InChI=1S/C15H13NO5/c17-14(18)9-13-12(7-4-8-16(13)20)15(19)21-10-11-5-2-1-3-6-11/h1-8H,9-10H2,(H,17,18). The maximum Gasteiger partial charge on any atom is 0.344 e. The summed E-state index contributed by atoms with van der Waals surface area (Å²) >= 11 is 0. The first-order valence-electron chi connectivity index (χ1n) is 6.22. The molecule has 0 saturated heterocycles. The summed E-state index contributed by atoms with van der Waals surface area (Å²) in [6.45, 7) is 0.0555. The average molecular weight is 287 g/mol. The molecule has 0 aliphatic heterocycles. The van der Waals surface area contributed by atoms with Crippen molar-refractivity contribution in [3.05, 3.63) is 70.7 Å². The van der Waals surface area contributed by atoms with Crippen LogP contribution in [0.25, 0.3) is 0 Å². The lowest BCUT2D eigenvalue weighted by atomic mass is 10.1. The van der Waals surface area contributed by atoms with E-state index >= 15 is 0 Å². The number of aliphatic carboxylic acids is 1. The van der Waals surface area contributed by atoms with Crippen molar-refractivity contribution in [1.82, 2.24) is 0 Å². The van der Waals surface area contributed by atoms with Crippen molar-refractivity contribution in [2.45, 2.75) is 13.0 Å². The van der Waals surface area contributed by atoms with Gasteiger partial charge in [0.2, 0.25) is 5.69 Å². The lowest BCUT2D eigenvalue weighted by molar-refractivity contribution is -0.613. The van der Waals surface area contributed by atoms with Crippen LogP contribution in [0.2, 0.25) is 0 Å². The summed E-state index contributed by atoms with van der Waals surface area (Å²) in [5, 5.41) is 20.4. The highest BCUT2D eigenvalue weighted by Gasteiger charge is 2.22. The molecule has 6 heteroatoms. The summed E-state index contributed by atoms with van der Waals surface area (Å²) in [7, 11) is 0. The number of esters is 1. The molecule has 0 aliphatic rings. The zero-order valence-corrected chi connectivity index (χ0v) is 11.1. The van der Waals surface area contributed by atoms with Crippen molar-refractivity contribution in [3.63, 3.8) is 0 Å². The average Bonchev–Trinajstić information content (AvgIpc) is 2.47. The van der Waals surface area contributed by atoms with E-state index in [0.29, 0.717) is 4.73 Å². The maximum atomic E-state index is 12.0. The molecular formula is C15H13NO5. The van der Waals surface area contributed by atoms with Crippen LogP contribution in [0.4, 0.5) is 0 Å². The summed E-state index contributed by atoms with van der Waals surface area (Å²) in [5.74, 6) is -1.91. The van der Waals surface area contributed by atoms with Crippen molar-refractivity contribution in [1.29, 1.82) is 0 Å². The topological polar surface area (TPSA) is 90.5 Å². The first-order chi connectivity index (χ1) is 10.1. The number of carboxylic acids is 1. The molecule has 1 heterocycles.